The van der Waals surface area contributed by atoms with Gasteiger partial charge in [0.25, 0.3) is 10.0 Å². The molecule has 0 saturated heterocycles. The highest BCUT2D eigenvalue weighted by Crippen LogP contribution is 2.27. The van der Waals surface area contributed by atoms with Crippen molar-refractivity contribution in [2.75, 3.05) is 18.4 Å². The van der Waals surface area contributed by atoms with Crippen LogP contribution in [-0.2, 0) is 26.1 Å². The molecule has 3 aromatic rings. The Hall–Kier alpha value is -3.27. The van der Waals surface area contributed by atoms with E-state index in [0.29, 0.717) is 17.7 Å². The number of benzene rings is 2. The molecule has 0 fully saturated rings. The normalized spacial score (nSPS) is 11.4. The van der Waals surface area contributed by atoms with Crippen LogP contribution in [0.25, 0.3) is 11.1 Å². The number of para-hydroxylation sites is 2. The maximum absolute atomic E-state index is 12.7. The monoisotopic (exact) mass is 420 g/mol. The van der Waals surface area contributed by atoms with Crippen LogP contribution in [0.5, 0.6) is 5.75 Å². The summed E-state index contributed by atoms with van der Waals surface area (Å²) in [5.74, 6) is -0.993. The average molecular weight is 420 g/mol. The van der Waals surface area contributed by atoms with Gasteiger partial charge in [0.05, 0.1) is 29.8 Å². The number of carbonyl (C=O) groups excluding carboxylic acids is 1. The maximum Gasteiger partial charge on any atom is 0.420 e. The van der Waals surface area contributed by atoms with Gasteiger partial charge in [-0.05, 0) is 30.7 Å². The molecule has 2 aromatic carbocycles. The molecule has 0 unspecified atom stereocenters. The number of nitrogens with one attached hydrogen (secondary N) is 1. The highest BCUT2D eigenvalue weighted by Gasteiger charge is 2.20. The van der Waals surface area contributed by atoms with Gasteiger partial charge in [0.1, 0.15) is 12.3 Å². The molecule has 0 aliphatic rings. The van der Waals surface area contributed by atoms with Crippen molar-refractivity contribution in [2.24, 2.45) is 0 Å². The molecule has 0 aliphatic heterocycles. The first-order valence-electron chi connectivity index (χ1n) is 8.80. The van der Waals surface area contributed by atoms with Gasteiger partial charge >= 0.3 is 11.7 Å². The maximum atomic E-state index is 12.7. The molecule has 0 radical (unpaired) electrons. The highest BCUT2D eigenvalue weighted by molar-refractivity contribution is 7.92. The molecule has 0 aliphatic carbocycles. The second kappa shape index (κ2) is 8.39. The topological polar surface area (TPSA) is 117 Å². The van der Waals surface area contributed by atoms with Crippen LogP contribution in [0.1, 0.15) is 13.3 Å². The van der Waals surface area contributed by atoms with Gasteiger partial charge in [-0.1, -0.05) is 19.1 Å². The van der Waals surface area contributed by atoms with E-state index in [1.165, 1.54) is 25.3 Å². The Bertz CT molecular complexity index is 1190. The smallest absolute Gasteiger partial charge is 0.420 e. The molecular formula is C19H20N2O7S. The van der Waals surface area contributed by atoms with E-state index in [2.05, 4.69) is 4.72 Å². The van der Waals surface area contributed by atoms with Gasteiger partial charge in [-0.3, -0.25) is 14.1 Å². The van der Waals surface area contributed by atoms with E-state index in [4.69, 9.17) is 13.9 Å². The lowest BCUT2D eigenvalue weighted by atomic mass is 10.3. The number of oxazole rings is 1. The fourth-order valence-electron chi connectivity index (χ4n) is 2.69. The Morgan fingerprint density at radius 2 is 1.97 bits per heavy atom. The van der Waals surface area contributed by atoms with Crippen LogP contribution in [0.2, 0.25) is 0 Å². The highest BCUT2D eigenvalue weighted by atomic mass is 32.2. The van der Waals surface area contributed by atoms with E-state index in [1.807, 2.05) is 6.92 Å². The van der Waals surface area contributed by atoms with E-state index >= 15 is 0 Å². The zero-order valence-electron chi connectivity index (χ0n) is 15.9. The number of ether oxygens (including phenoxy) is 2. The minimum Gasteiger partial charge on any atom is -0.495 e. The van der Waals surface area contributed by atoms with Crippen LogP contribution >= 0.6 is 0 Å². The fourth-order valence-corrected chi connectivity index (χ4v) is 3.77. The van der Waals surface area contributed by atoms with Gasteiger partial charge in [-0.25, -0.2) is 13.2 Å². The van der Waals surface area contributed by atoms with Crippen molar-refractivity contribution >= 4 is 32.8 Å². The second-order valence-electron chi connectivity index (χ2n) is 6.11. The quantitative estimate of drug-likeness (QED) is 0.556. The molecule has 1 heterocycles. The predicted molar refractivity (Wildman–Crippen MR) is 106 cm³/mol. The minimum absolute atomic E-state index is 0.0428. The molecule has 3 rings (SSSR count). The van der Waals surface area contributed by atoms with E-state index in [1.54, 1.807) is 24.3 Å². The van der Waals surface area contributed by atoms with E-state index in [0.717, 1.165) is 4.57 Å². The number of hydrogen-bond acceptors (Lipinski definition) is 7. The Labute approximate surface area is 166 Å². The first-order chi connectivity index (χ1) is 13.9. The molecule has 9 nitrogen and oxygen atoms in total. The molecule has 0 bridgehead atoms. The Morgan fingerprint density at radius 1 is 1.21 bits per heavy atom. The van der Waals surface area contributed by atoms with Crippen LogP contribution in [-0.4, -0.2) is 32.7 Å². The van der Waals surface area contributed by atoms with Crippen molar-refractivity contribution in [1.82, 2.24) is 4.57 Å². The van der Waals surface area contributed by atoms with Crippen molar-refractivity contribution in [3.8, 4) is 5.75 Å². The molecular weight excluding hydrogens is 400 g/mol. The number of nitrogens with zero attached hydrogens (tertiary/aromatic N) is 1. The van der Waals surface area contributed by atoms with Gasteiger partial charge in [-0.15, -0.1) is 0 Å². The van der Waals surface area contributed by atoms with Gasteiger partial charge < -0.3 is 13.9 Å². The number of rotatable bonds is 8. The number of esters is 1. The summed E-state index contributed by atoms with van der Waals surface area (Å²) < 4.78 is 44.2. The van der Waals surface area contributed by atoms with E-state index in [-0.39, 0.29) is 29.3 Å². The van der Waals surface area contributed by atoms with E-state index in [9.17, 15) is 18.0 Å². The average Bonchev–Trinajstić information content (AvgIpc) is 3.01. The van der Waals surface area contributed by atoms with Crippen LogP contribution in [0, 0.1) is 0 Å². The lowest BCUT2D eigenvalue weighted by Crippen LogP contribution is -2.21. The third-order valence-corrected chi connectivity index (χ3v) is 5.42. The van der Waals surface area contributed by atoms with Crippen LogP contribution in [0.4, 0.5) is 5.69 Å². The van der Waals surface area contributed by atoms with Crippen LogP contribution in [0.15, 0.2) is 56.6 Å². The number of methoxy groups -OCH3 is 1. The van der Waals surface area contributed by atoms with Crippen molar-refractivity contribution in [1.29, 1.82) is 0 Å². The SMILES string of the molecule is CCCOC(=O)Cn1c(=O)oc2cc(S(=O)(=O)Nc3ccccc3OC)ccc21. The summed E-state index contributed by atoms with van der Waals surface area (Å²) in [6.07, 6.45) is 0.660. The summed E-state index contributed by atoms with van der Waals surface area (Å²) in [4.78, 5) is 23.8. The summed E-state index contributed by atoms with van der Waals surface area (Å²) in [7, 11) is -2.54. The van der Waals surface area contributed by atoms with Crippen molar-refractivity contribution in [2.45, 2.75) is 24.8 Å². The molecule has 1 aromatic heterocycles. The number of fused-ring (bicyclic) bond motifs is 1. The number of sulfonamides is 1. The molecule has 154 valence electrons. The zero-order chi connectivity index (χ0) is 21.0. The Kier molecular flexibility index (Phi) is 5.92. The van der Waals surface area contributed by atoms with Crippen molar-refractivity contribution in [3.05, 3.63) is 53.0 Å². The molecule has 10 heteroatoms. The summed E-state index contributed by atoms with van der Waals surface area (Å²) in [5, 5.41) is 0. The number of anilines is 1. The predicted octanol–water partition coefficient (Wildman–Crippen LogP) is 2.36. The van der Waals surface area contributed by atoms with Crippen LogP contribution < -0.4 is 15.2 Å². The molecule has 0 atom stereocenters. The third-order valence-electron chi connectivity index (χ3n) is 4.06. The van der Waals surface area contributed by atoms with Crippen molar-refractivity contribution < 1.29 is 27.1 Å². The molecule has 29 heavy (non-hydrogen) atoms. The summed E-state index contributed by atoms with van der Waals surface area (Å²) in [5.41, 5.74) is 0.605. The first-order valence-corrected chi connectivity index (χ1v) is 10.3. The van der Waals surface area contributed by atoms with Gasteiger partial charge in [0.15, 0.2) is 5.58 Å². The van der Waals surface area contributed by atoms with Gasteiger partial charge in [0, 0.05) is 6.07 Å². The van der Waals surface area contributed by atoms with Crippen LogP contribution in [0.3, 0.4) is 0 Å². The zero-order valence-corrected chi connectivity index (χ0v) is 16.7. The van der Waals surface area contributed by atoms with Gasteiger partial charge in [0.2, 0.25) is 0 Å². The lowest BCUT2D eigenvalue weighted by molar-refractivity contribution is -0.144. The largest absolute Gasteiger partial charge is 0.495 e. The molecule has 0 spiro atoms. The molecule has 1 N–H and O–H groups in total. The lowest BCUT2D eigenvalue weighted by Gasteiger charge is -2.11. The second-order valence-corrected chi connectivity index (χ2v) is 7.79. The molecule has 0 amide bonds. The first kappa shape index (κ1) is 20.5. The Morgan fingerprint density at radius 3 is 2.69 bits per heavy atom. The number of carbonyl (C=O) groups is 1. The number of hydrogen-bond donors (Lipinski definition) is 1. The minimum atomic E-state index is -3.97. The summed E-state index contributed by atoms with van der Waals surface area (Å²) in [6.45, 7) is 1.78. The van der Waals surface area contributed by atoms with Gasteiger partial charge in [-0.2, -0.15) is 0 Å². The fraction of sp³-hybridized carbons (Fsp3) is 0.263. The molecule has 0 saturated carbocycles. The summed E-state index contributed by atoms with van der Waals surface area (Å²) in [6, 6.07) is 10.5. The standard InChI is InChI=1S/C19H20N2O7S/c1-3-10-27-18(22)12-21-15-9-8-13(11-17(15)28-19(21)23)29(24,25)20-14-6-4-5-7-16(14)26-2/h4-9,11,20H,3,10,12H2,1-2H3. The Balaban J connectivity index is 1.91. The third kappa shape index (κ3) is 4.43. The number of aromatic nitrogens is 1. The van der Waals surface area contributed by atoms with Crippen molar-refractivity contribution in [3.63, 3.8) is 0 Å². The summed E-state index contributed by atoms with van der Waals surface area (Å²) >= 11 is 0. The van der Waals surface area contributed by atoms with E-state index < -0.39 is 21.7 Å².